The number of hydrogen-bond donors (Lipinski definition) is 1. The van der Waals surface area contributed by atoms with Gasteiger partial charge in [-0.05, 0) is 19.1 Å². The molecule has 0 saturated carbocycles. The predicted octanol–water partition coefficient (Wildman–Crippen LogP) is 1.69. The van der Waals surface area contributed by atoms with Crippen LogP contribution in [0.2, 0.25) is 0 Å². The first-order valence-corrected chi connectivity index (χ1v) is 5.50. The van der Waals surface area contributed by atoms with Crippen LogP contribution in [0.25, 0.3) is 0 Å². The molecule has 2 aromatic heterocycles. The van der Waals surface area contributed by atoms with Crippen LogP contribution in [0.1, 0.15) is 6.92 Å². The van der Waals surface area contributed by atoms with Gasteiger partial charge in [-0.2, -0.15) is 5.10 Å². The summed E-state index contributed by atoms with van der Waals surface area (Å²) in [5.74, 6) is 0.280. The van der Waals surface area contributed by atoms with Gasteiger partial charge in [0.25, 0.3) is 0 Å². The molecule has 0 radical (unpaired) electrons. The van der Waals surface area contributed by atoms with E-state index in [2.05, 4.69) is 15.4 Å². The summed E-state index contributed by atoms with van der Waals surface area (Å²) in [6, 6.07) is 4.78. The van der Waals surface area contributed by atoms with E-state index in [1.54, 1.807) is 16.9 Å². The van der Waals surface area contributed by atoms with Crippen molar-refractivity contribution in [2.75, 3.05) is 5.32 Å². The molecule has 0 aliphatic rings. The third kappa shape index (κ3) is 2.82. The molecule has 7 heteroatoms. The number of anilines is 1. The summed E-state index contributed by atoms with van der Waals surface area (Å²) in [5.41, 5.74) is -0.0233. The van der Waals surface area contributed by atoms with E-state index in [1.165, 1.54) is 12.3 Å². The number of hydrogen-bond acceptors (Lipinski definition) is 5. The number of pyridine rings is 1. The molecule has 0 aromatic carbocycles. The highest BCUT2D eigenvalue weighted by Crippen LogP contribution is 2.21. The minimum Gasteiger partial charge on any atom is -0.360 e. The lowest BCUT2D eigenvalue weighted by molar-refractivity contribution is -0.384. The Bertz CT molecular complexity index is 526. The van der Waals surface area contributed by atoms with E-state index in [-0.39, 0.29) is 17.5 Å². The van der Waals surface area contributed by atoms with Crippen LogP contribution < -0.4 is 5.32 Å². The lowest BCUT2D eigenvalue weighted by atomic mass is 10.3. The van der Waals surface area contributed by atoms with Crippen LogP contribution in [0.4, 0.5) is 11.5 Å². The van der Waals surface area contributed by atoms with Crippen LogP contribution in [0.15, 0.2) is 36.8 Å². The van der Waals surface area contributed by atoms with Gasteiger partial charge in [0.2, 0.25) is 5.82 Å². The quantitative estimate of drug-likeness (QED) is 0.641. The van der Waals surface area contributed by atoms with Crippen LogP contribution in [0.3, 0.4) is 0 Å². The number of nitrogens with zero attached hydrogens (tertiary/aromatic N) is 4. The fourth-order valence-electron chi connectivity index (χ4n) is 1.62. The Labute approximate surface area is 104 Å². The zero-order valence-electron chi connectivity index (χ0n) is 9.85. The molecule has 2 heterocycles. The van der Waals surface area contributed by atoms with Crippen molar-refractivity contribution >= 4 is 11.5 Å². The Morgan fingerprint density at radius 3 is 3.00 bits per heavy atom. The molecule has 2 aromatic rings. The van der Waals surface area contributed by atoms with Crippen molar-refractivity contribution in [1.82, 2.24) is 14.8 Å². The molecule has 1 atom stereocenters. The number of aromatic nitrogens is 3. The first-order valence-electron chi connectivity index (χ1n) is 5.50. The summed E-state index contributed by atoms with van der Waals surface area (Å²) in [6.07, 6.45) is 5.05. The molecule has 0 spiro atoms. The standard InChI is InChI=1S/C11H13N5O2/c1-9(8-15-7-3-6-13-15)14-11-10(16(17)18)4-2-5-12-11/h2-7,9H,8H2,1H3,(H,12,14)/t9-/m0/s1. The van der Waals surface area contributed by atoms with E-state index in [0.717, 1.165) is 0 Å². The highest BCUT2D eigenvalue weighted by molar-refractivity contribution is 5.55. The first kappa shape index (κ1) is 12.0. The van der Waals surface area contributed by atoms with Gasteiger partial charge in [-0.1, -0.05) is 0 Å². The fraction of sp³-hybridized carbons (Fsp3) is 0.273. The van der Waals surface area contributed by atoms with Crippen LogP contribution in [-0.2, 0) is 6.54 Å². The topological polar surface area (TPSA) is 85.9 Å². The maximum Gasteiger partial charge on any atom is 0.311 e. The van der Waals surface area contributed by atoms with Crippen molar-refractivity contribution in [3.05, 3.63) is 46.9 Å². The third-order valence-corrected chi connectivity index (χ3v) is 2.39. The Morgan fingerprint density at radius 2 is 2.33 bits per heavy atom. The first-order chi connectivity index (χ1) is 8.66. The number of nitro groups is 1. The summed E-state index contributed by atoms with van der Waals surface area (Å²) in [4.78, 5) is 14.4. The summed E-state index contributed by atoms with van der Waals surface area (Å²) >= 11 is 0. The third-order valence-electron chi connectivity index (χ3n) is 2.39. The molecule has 7 nitrogen and oxygen atoms in total. The van der Waals surface area contributed by atoms with Crippen molar-refractivity contribution in [3.8, 4) is 0 Å². The molecule has 0 aliphatic carbocycles. The molecular weight excluding hydrogens is 234 g/mol. The van der Waals surface area contributed by atoms with Gasteiger partial charge in [0.05, 0.1) is 11.5 Å². The molecule has 0 bridgehead atoms. The molecule has 0 amide bonds. The van der Waals surface area contributed by atoms with Crippen molar-refractivity contribution in [3.63, 3.8) is 0 Å². The van der Waals surface area contributed by atoms with Gasteiger partial charge < -0.3 is 5.32 Å². The fourth-order valence-corrected chi connectivity index (χ4v) is 1.62. The van der Waals surface area contributed by atoms with E-state index in [0.29, 0.717) is 6.54 Å². The van der Waals surface area contributed by atoms with Gasteiger partial charge in [-0.3, -0.25) is 14.8 Å². The van der Waals surface area contributed by atoms with Gasteiger partial charge in [-0.15, -0.1) is 0 Å². The summed E-state index contributed by atoms with van der Waals surface area (Å²) < 4.78 is 1.76. The molecule has 0 saturated heterocycles. The highest BCUT2D eigenvalue weighted by Gasteiger charge is 2.15. The molecule has 18 heavy (non-hydrogen) atoms. The Balaban J connectivity index is 2.07. The van der Waals surface area contributed by atoms with Crippen molar-refractivity contribution in [2.45, 2.75) is 19.5 Å². The molecule has 0 aliphatic heterocycles. The number of nitrogens with one attached hydrogen (secondary N) is 1. The normalized spacial score (nSPS) is 12.1. The van der Waals surface area contributed by atoms with Crippen LogP contribution >= 0.6 is 0 Å². The maximum absolute atomic E-state index is 10.8. The second-order valence-corrected chi connectivity index (χ2v) is 3.90. The molecule has 2 rings (SSSR count). The molecule has 0 fully saturated rings. The van der Waals surface area contributed by atoms with E-state index < -0.39 is 4.92 Å². The molecule has 94 valence electrons. The summed E-state index contributed by atoms with van der Waals surface area (Å²) in [7, 11) is 0. The molecule has 1 N–H and O–H groups in total. The second kappa shape index (κ2) is 5.26. The minimum absolute atomic E-state index is 0.0153. The lowest BCUT2D eigenvalue weighted by Crippen LogP contribution is -2.23. The highest BCUT2D eigenvalue weighted by atomic mass is 16.6. The zero-order chi connectivity index (χ0) is 13.0. The van der Waals surface area contributed by atoms with E-state index in [4.69, 9.17) is 0 Å². The predicted molar refractivity (Wildman–Crippen MR) is 66.2 cm³/mol. The Hall–Kier alpha value is -2.44. The van der Waals surface area contributed by atoms with E-state index in [9.17, 15) is 10.1 Å². The second-order valence-electron chi connectivity index (χ2n) is 3.90. The lowest BCUT2D eigenvalue weighted by Gasteiger charge is -2.14. The zero-order valence-corrected chi connectivity index (χ0v) is 9.85. The van der Waals surface area contributed by atoms with Crippen LogP contribution in [0.5, 0.6) is 0 Å². The van der Waals surface area contributed by atoms with Crippen molar-refractivity contribution < 1.29 is 4.92 Å². The monoisotopic (exact) mass is 247 g/mol. The Morgan fingerprint density at radius 1 is 1.50 bits per heavy atom. The van der Waals surface area contributed by atoms with Crippen molar-refractivity contribution in [2.24, 2.45) is 0 Å². The van der Waals surface area contributed by atoms with E-state index in [1.807, 2.05) is 19.2 Å². The average Bonchev–Trinajstić information content (AvgIpc) is 2.82. The summed E-state index contributed by atoms with van der Waals surface area (Å²) in [6.45, 7) is 2.53. The van der Waals surface area contributed by atoms with Gasteiger partial charge in [0.15, 0.2) is 0 Å². The van der Waals surface area contributed by atoms with Gasteiger partial charge in [0, 0.05) is 30.7 Å². The number of rotatable bonds is 5. The van der Waals surface area contributed by atoms with Gasteiger partial charge >= 0.3 is 5.69 Å². The average molecular weight is 247 g/mol. The minimum atomic E-state index is -0.448. The molecule has 0 unspecified atom stereocenters. The van der Waals surface area contributed by atoms with Crippen LogP contribution in [-0.4, -0.2) is 25.7 Å². The molecular formula is C11H13N5O2. The van der Waals surface area contributed by atoms with Gasteiger partial charge in [-0.25, -0.2) is 4.98 Å². The van der Waals surface area contributed by atoms with Gasteiger partial charge in [0.1, 0.15) is 0 Å². The van der Waals surface area contributed by atoms with Crippen LogP contribution in [0, 0.1) is 10.1 Å². The smallest absolute Gasteiger partial charge is 0.311 e. The Kier molecular flexibility index (Phi) is 3.52. The van der Waals surface area contributed by atoms with E-state index >= 15 is 0 Å². The SMILES string of the molecule is C[C@@H](Cn1cccn1)Nc1ncccc1[N+](=O)[O-]. The summed E-state index contributed by atoms with van der Waals surface area (Å²) in [5, 5.41) is 17.9. The largest absolute Gasteiger partial charge is 0.360 e. The van der Waals surface area contributed by atoms with Crippen molar-refractivity contribution in [1.29, 1.82) is 0 Å². The maximum atomic E-state index is 10.8.